The molecule has 0 saturated carbocycles. The summed E-state index contributed by atoms with van der Waals surface area (Å²) in [4.78, 5) is 4.23. The minimum atomic E-state index is 0.351. The number of aromatic nitrogens is 3. The van der Waals surface area contributed by atoms with E-state index in [0.717, 1.165) is 17.9 Å². The summed E-state index contributed by atoms with van der Waals surface area (Å²) in [6.07, 6.45) is 2.52. The molecule has 0 radical (unpaired) electrons. The highest BCUT2D eigenvalue weighted by Gasteiger charge is 2.14. The Morgan fingerprint density at radius 2 is 2.17 bits per heavy atom. The molecule has 5 nitrogen and oxygen atoms in total. The number of nitrogens with zero attached hydrogens (tertiary/aromatic N) is 3. The third-order valence-electron chi connectivity index (χ3n) is 3.14. The molecule has 0 aliphatic heterocycles. The van der Waals surface area contributed by atoms with Gasteiger partial charge in [-0.25, -0.2) is 4.98 Å². The number of nitrogens with two attached hydrogens (primary N) is 1. The van der Waals surface area contributed by atoms with Gasteiger partial charge in [0.1, 0.15) is 12.1 Å². The van der Waals surface area contributed by atoms with Crippen molar-refractivity contribution in [1.82, 2.24) is 14.6 Å². The molecule has 1 unspecified atom stereocenters. The van der Waals surface area contributed by atoms with E-state index in [1.807, 2.05) is 10.6 Å². The average Bonchev–Trinajstić information content (AvgIpc) is 2.76. The maximum Gasteiger partial charge on any atom is 0.157 e. The van der Waals surface area contributed by atoms with Gasteiger partial charge in [0.15, 0.2) is 5.65 Å². The predicted octanol–water partition coefficient (Wildman–Crippen LogP) is 1.82. The zero-order valence-corrected chi connectivity index (χ0v) is 11.2. The summed E-state index contributed by atoms with van der Waals surface area (Å²) in [5, 5.41) is 7.77. The molecule has 2 heterocycles. The lowest BCUT2D eigenvalue weighted by Crippen LogP contribution is -2.29. The quantitative estimate of drug-likeness (QED) is 0.845. The lowest BCUT2D eigenvalue weighted by molar-refractivity contribution is 0.496. The average molecular weight is 247 g/mol. The van der Waals surface area contributed by atoms with Crippen molar-refractivity contribution in [2.24, 2.45) is 11.7 Å². The number of aryl methyl sites for hydroxylation is 1. The van der Waals surface area contributed by atoms with Crippen LogP contribution in [0.25, 0.3) is 5.65 Å². The lowest BCUT2D eigenvalue weighted by atomic mass is 10.0. The van der Waals surface area contributed by atoms with Crippen molar-refractivity contribution < 1.29 is 0 Å². The molecule has 2 aromatic rings. The molecule has 0 aliphatic rings. The zero-order chi connectivity index (χ0) is 13.1. The highest BCUT2D eigenvalue weighted by molar-refractivity contribution is 5.51. The molecule has 0 amide bonds. The third kappa shape index (κ3) is 2.61. The molecule has 0 aromatic carbocycles. The van der Waals surface area contributed by atoms with Gasteiger partial charge in [0.05, 0.1) is 0 Å². The second-order valence-corrected chi connectivity index (χ2v) is 5.02. The Morgan fingerprint density at radius 1 is 1.39 bits per heavy atom. The molecule has 18 heavy (non-hydrogen) atoms. The highest BCUT2D eigenvalue weighted by Crippen LogP contribution is 2.17. The number of hydrogen-bond acceptors (Lipinski definition) is 4. The van der Waals surface area contributed by atoms with E-state index in [0.29, 0.717) is 18.5 Å². The molecule has 5 heteroatoms. The van der Waals surface area contributed by atoms with Crippen LogP contribution in [0.5, 0.6) is 0 Å². The normalized spacial score (nSPS) is 13.2. The lowest BCUT2D eigenvalue weighted by Gasteiger charge is -2.23. The number of rotatable bonds is 5. The van der Waals surface area contributed by atoms with Gasteiger partial charge in [-0.3, -0.25) is 0 Å². The molecule has 3 N–H and O–H groups in total. The van der Waals surface area contributed by atoms with E-state index in [1.54, 1.807) is 6.33 Å². The largest absolute Gasteiger partial charge is 0.367 e. The van der Waals surface area contributed by atoms with Crippen LogP contribution < -0.4 is 11.1 Å². The van der Waals surface area contributed by atoms with E-state index in [-0.39, 0.29) is 0 Å². The van der Waals surface area contributed by atoms with Gasteiger partial charge in [-0.15, -0.1) is 0 Å². The maximum atomic E-state index is 5.67. The second kappa shape index (κ2) is 5.35. The molecule has 2 aromatic heterocycles. The Balaban J connectivity index is 2.32. The monoisotopic (exact) mass is 247 g/mol. The standard InChI is InChI=1S/C13H21N5/c1-9(2)11(4-5-14)17-13-7-10(3)6-12-15-8-16-18(12)13/h6-9,11,17H,4-5,14H2,1-3H3. The molecule has 0 fully saturated rings. The first-order valence-corrected chi connectivity index (χ1v) is 6.39. The van der Waals surface area contributed by atoms with Crippen LogP contribution in [0.1, 0.15) is 25.8 Å². The van der Waals surface area contributed by atoms with Gasteiger partial charge in [-0.2, -0.15) is 9.61 Å². The van der Waals surface area contributed by atoms with Crippen LogP contribution in [-0.2, 0) is 0 Å². The number of fused-ring (bicyclic) bond motifs is 1. The highest BCUT2D eigenvalue weighted by atomic mass is 15.3. The fourth-order valence-electron chi connectivity index (χ4n) is 2.10. The summed E-state index contributed by atoms with van der Waals surface area (Å²) in [5.74, 6) is 1.50. The summed E-state index contributed by atoms with van der Waals surface area (Å²) in [6, 6.07) is 4.46. The minimum absolute atomic E-state index is 0.351. The van der Waals surface area contributed by atoms with Gasteiger partial charge in [0, 0.05) is 6.04 Å². The van der Waals surface area contributed by atoms with Crippen molar-refractivity contribution in [3.05, 3.63) is 24.0 Å². The first kappa shape index (κ1) is 12.8. The van der Waals surface area contributed by atoms with Gasteiger partial charge in [-0.1, -0.05) is 13.8 Å². The molecule has 0 aliphatic carbocycles. The van der Waals surface area contributed by atoms with Crippen molar-refractivity contribution in [3.63, 3.8) is 0 Å². The summed E-state index contributed by atoms with van der Waals surface area (Å²) < 4.78 is 1.83. The van der Waals surface area contributed by atoms with Crippen LogP contribution >= 0.6 is 0 Å². The molecule has 0 bridgehead atoms. The van der Waals surface area contributed by atoms with Crippen molar-refractivity contribution in [1.29, 1.82) is 0 Å². The Hall–Kier alpha value is -1.62. The molecule has 1 atom stereocenters. The third-order valence-corrected chi connectivity index (χ3v) is 3.14. The minimum Gasteiger partial charge on any atom is -0.367 e. The van der Waals surface area contributed by atoms with Gasteiger partial charge in [0.25, 0.3) is 0 Å². The van der Waals surface area contributed by atoms with Gasteiger partial charge < -0.3 is 11.1 Å². The van der Waals surface area contributed by atoms with Gasteiger partial charge in [-0.05, 0) is 43.5 Å². The van der Waals surface area contributed by atoms with Crippen LogP contribution in [0.2, 0.25) is 0 Å². The summed E-state index contributed by atoms with van der Waals surface area (Å²) in [6.45, 7) is 7.14. The molecule has 2 rings (SSSR count). The van der Waals surface area contributed by atoms with Crippen LogP contribution in [-0.4, -0.2) is 27.2 Å². The van der Waals surface area contributed by atoms with Crippen LogP contribution in [0.3, 0.4) is 0 Å². The summed E-state index contributed by atoms with van der Waals surface area (Å²) >= 11 is 0. The first-order valence-electron chi connectivity index (χ1n) is 6.39. The zero-order valence-electron chi connectivity index (χ0n) is 11.2. The smallest absolute Gasteiger partial charge is 0.157 e. The van der Waals surface area contributed by atoms with E-state index in [2.05, 4.69) is 42.2 Å². The van der Waals surface area contributed by atoms with E-state index >= 15 is 0 Å². The molecular formula is C13H21N5. The first-order chi connectivity index (χ1) is 8.61. The van der Waals surface area contributed by atoms with E-state index in [9.17, 15) is 0 Å². The molecule has 0 spiro atoms. The predicted molar refractivity (Wildman–Crippen MR) is 73.6 cm³/mol. The van der Waals surface area contributed by atoms with E-state index < -0.39 is 0 Å². The van der Waals surface area contributed by atoms with Gasteiger partial charge in [0.2, 0.25) is 0 Å². The van der Waals surface area contributed by atoms with Crippen LogP contribution in [0, 0.1) is 12.8 Å². The fraction of sp³-hybridized carbons (Fsp3) is 0.538. The van der Waals surface area contributed by atoms with Gasteiger partial charge >= 0.3 is 0 Å². The van der Waals surface area contributed by atoms with Crippen molar-refractivity contribution in [2.45, 2.75) is 33.2 Å². The van der Waals surface area contributed by atoms with E-state index in [4.69, 9.17) is 5.73 Å². The second-order valence-electron chi connectivity index (χ2n) is 5.02. The Labute approximate surface area is 107 Å². The van der Waals surface area contributed by atoms with Crippen LogP contribution in [0.15, 0.2) is 18.5 Å². The summed E-state index contributed by atoms with van der Waals surface area (Å²) in [5.41, 5.74) is 7.71. The SMILES string of the molecule is Cc1cc(NC(CCN)C(C)C)n2ncnc2c1. The molecule has 0 saturated heterocycles. The van der Waals surface area contributed by atoms with Crippen molar-refractivity contribution in [3.8, 4) is 0 Å². The fourth-order valence-corrected chi connectivity index (χ4v) is 2.10. The molecule has 98 valence electrons. The van der Waals surface area contributed by atoms with E-state index in [1.165, 1.54) is 5.56 Å². The number of anilines is 1. The Kier molecular flexibility index (Phi) is 3.81. The van der Waals surface area contributed by atoms with Crippen molar-refractivity contribution >= 4 is 11.5 Å². The maximum absolute atomic E-state index is 5.67. The summed E-state index contributed by atoms with van der Waals surface area (Å²) in [7, 11) is 0. The number of hydrogen-bond donors (Lipinski definition) is 2. The Morgan fingerprint density at radius 3 is 2.83 bits per heavy atom. The molecular weight excluding hydrogens is 226 g/mol. The number of nitrogens with one attached hydrogen (secondary N) is 1. The Bertz CT molecular complexity index is 517. The van der Waals surface area contributed by atoms with Crippen molar-refractivity contribution in [2.75, 3.05) is 11.9 Å². The topological polar surface area (TPSA) is 68.2 Å². The van der Waals surface area contributed by atoms with Crippen LogP contribution in [0.4, 0.5) is 5.82 Å². The number of pyridine rings is 1.